The Hall–Kier alpha value is -2.22. The zero-order chi connectivity index (χ0) is 13.5. The van der Waals surface area contributed by atoms with Gasteiger partial charge in [-0.2, -0.15) is 0 Å². The van der Waals surface area contributed by atoms with Gasteiger partial charge in [-0.05, 0) is 66.6 Å². The number of anilines is 1. The summed E-state index contributed by atoms with van der Waals surface area (Å²) in [5, 5.41) is 1.40. The summed E-state index contributed by atoms with van der Waals surface area (Å²) in [6.45, 7) is 0. The summed E-state index contributed by atoms with van der Waals surface area (Å²) in [5.74, 6) is 0. The van der Waals surface area contributed by atoms with Crippen LogP contribution in [0.25, 0.3) is 22.0 Å². The lowest BCUT2D eigenvalue weighted by molar-refractivity contribution is 0.680. The van der Waals surface area contributed by atoms with E-state index in [2.05, 4.69) is 35.3 Å². The molecule has 1 aliphatic carbocycles. The predicted molar refractivity (Wildman–Crippen MR) is 84.8 cm³/mol. The molecule has 1 aliphatic rings. The average Bonchev–Trinajstić information content (AvgIpc) is 2.86. The van der Waals surface area contributed by atoms with Gasteiger partial charge in [0.15, 0.2) is 0 Å². The van der Waals surface area contributed by atoms with Gasteiger partial charge >= 0.3 is 0 Å². The summed E-state index contributed by atoms with van der Waals surface area (Å²) in [4.78, 5) is 3.58. The molecule has 0 saturated heterocycles. The van der Waals surface area contributed by atoms with Crippen LogP contribution in [0.1, 0.15) is 24.1 Å². The topological polar surface area (TPSA) is 41.8 Å². The van der Waals surface area contributed by atoms with E-state index < -0.39 is 0 Å². The molecule has 3 aromatic rings. The van der Waals surface area contributed by atoms with E-state index in [1.54, 1.807) is 0 Å². The van der Waals surface area contributed by atoms with Crippen LogP contribution in [-0.2, 0) is 12.8 Å². The molecule has 2 heteroatoms. The first-order chi connectivity index (χ1) is 9.81. The maximum atomic E-state index is 5.76. The number of aryl methyl sites for hydroxylation is 2. The summed E-state index contributed by atoms with van der Waals surface area (Å²) in [6, 6.07) is 14.8. The standard InChI is InChI=1S/C18H18N2/c19-14-8-5-12(6-9-14)13-7-10-18-16(11-13)15-3-1-2-4-17(15)20-18/h5-11,20H,1-4,19H2. The fraction of sp³-hybridized carbons (Fsp3) is 0.222. The van der Waals surface area contributed by atoms with Crippen LogP contribution in [0.15, 0.2) is 42.5 Å². The minimum Gasteiger partial charge on any atom is -0.399 e. The van der Waals surface area contributed by atoms with Crippen LogP contribution in [-0.4, -0.2) is 4.98 Å². The molecule has 1 aromatic heterocycles. The van der Waals surface area contributed by atoms with Crippen molar-refractivity contribution in [3.63, 3.8) is 0 Å². The lowest BCUT2D eigenvalue weighted by atomic mass is 9.94. The predicted octanol–water partition coefficient (Wildman–Crippen LogP) is 4.30. The van der Waals surface area contributed by atoms with E-state index in [-0.39, 0.29) is 0 Å². The molecule has 0 aliphatic heterocycles. The lowest BCUT2D eigenvalue weighted by Gasteiger charge is -2.10. The highest BCUT2D eigenvalue weighted by Gasteiger charge is 2.15. The summed E-state index contributed by atoms with van der Waals surface area (Å²) in [6.07, 6.45) is 5.03. The largest absolute Gasteiger partial charge is 0.399 e. The van der Waals surface area contributed by atoms with Crippen molar-refractivity contribution in [3.05, 3.63) is 53.7 Å². The Kier molecular flexibility index (Phi) is 2.56. The molecule has 0 saturated carbocycles. The number of hydrogen-bond acceptors (Lipinski definition) is 1. The Labute approximate surface area is 118 Å². The van der Waals surface area contributed by atoms with E-state index in [4.69, 9.17) is 5.73 Å². The van der Waals surface area contributed by atoms with E-state index in [0.717, 1.165) is 5.69 Å². The fourth-order valence-electron chi connectivity index (χ4n) is 3.26. The summed E-state index contributed by atoms with van der Waals surface area (Å²) in [7, 11) is 0. The molecular weight excluding hydrogens is 244 g/mol. The highest BCUT2D eigenvalue weighted by atomic mass is 14.7. The van der Waals surface area contributed by atoms with Gasteiger partial charge in [-0.3, -0.25) is 0 Å². The van der Waals surface area contributed by atoms with Crippen LogP contribution < -0.4 is 5.73 Å². The van der Waals surface area contributed by atoms with Gasteiger partial charge in [0.05, 0.1) is 0 Å². The summed E-state index contributed by atoms with van der Waals surface area (Å²) < 4.78 is 0. The van der Waals surface area contributed by atoms with Crippen LogP contribution in [0.4, 0.5) is 5.69 Å². The number of aromatic amines is 1. The maximum Gasteiger partial charge on any atom is 0.0459 e. The van der Waals surface area contributed by atoms with Crippen LogP contribution in [0, 0.1) is 0 Å². The van der Waals surface area contributed by atoms with Crippen molar-refractivity contribution in [1.29, 1.82) is 0 Å². The quantitative estimate of drug-likeness (QED) is 0.631. The van der Waals surface area contributed by atoms with E-state index in [9.17, 15) is 0 Å². The van der Waals surface area contributed by atoms with E-state index in [1.165, 1.54) is 59.0 Å². The molecule has 0 bridgehead atoms. The highest BCUT2D eigenvalue weighted by Crippen LogP contribution is 2.32. The molecule has 20 heavy (non-hydrogen) atoms. The first-order valence-electron chi connectivity index (χ1n) is 7.31. The Balaban J connectivity index is 1.87. The number of hydrogen-bond donors (Lipinski definition) is 2. The zero-order valence-electron chi connectivity index (χ0n) is 11.4. The summed E-state index contributed by atoms with van der Waals surface area (Å²) >= 11 is 0. The molecule has 0 unspecified atom stereocenters. The fourth-order valence-corrected chi connectivity index (χ4v) is 3.26. The third-order valence-corrected chi connectivity index (χ3v) is 4.34. The molecule has 100 valence electrons. The van der Waals surface area contributed by atoms with Crippen molar-refractivity contribution in [2.75, 3.05) is 5.73 Å². The van der Waals surface area contributed by atoms with Gasteiger partial charge in [0.1, 0.15) is 0 Å². The number of rotatable bonds is 1. The monoisotopic (exact) mass is 262 g/mol. The molecule has 0 atom stereocenters. The molecule has 0 fully saturated rings. The minimum absolute atomic E-state index is 0.814. The SMILES string of the molecule is Nc1ccc(-c2ccc3[nH]c4c(c3c2)CCCC4)cc1. The van der Waals surface area contributed by atoms with Crippen molar-refractivity contribution in [2.45, 2.75) is 25.7 Å². The second kappa shape index (κ2) is 4.41. The van der Waals surface area contributed by atoms with Gasteiger partial charge < -0.3 is 10.7 Å². The third kappa shape index (κ3) is 1.80. The molecule has 0 spiro atoms. The molecule has 3 N–H and O–H groups in total. The molecule has 4 rings (SSSR count). The molecule has 2 aromatic carbocycles. The van der Waals surface area contributed by atoms with E-state index >= 15 is 0 Å². The van der Waals surface area contributed by atoms with Crippen LogP contribution >= 0.6 is 0 Å². The molecule has 0 amide bonds. The van der Waals surface area contributed by atoms with E-state index in [1.807, 2.05) is 12.1 Å². The lowest BCUT2D eigenvalue weighted by Crippen LogP contribution is -1.99. The van der Waals surface area contributed by atoms with Crippen LogP contribution in [0.5, 0.6) is 0 Å². The first kappa shape index (κ1) is 11.6. The number of fused-ring (bicyclic) bond motifs is 3. The molecule has 1 heterocycles. The number of nitrogens with one attached hydrogen (secondary N) is 1. The third-order valence-electron chi connectivity index (χ3n) is 4.34. The van der Waals surface area contributed by atoms with Crippen molar-refractivity contribution >= 4 is 16.6 Å². The zero-order valence-corrected chi connectivity index (χ0v) is 11.4. The number of aromatic nitrogens is 1. The Morgan fingerprint density at radius 3 is 2.45 bits per heavy atom. The Morgan fingerprint density at radius 2 is 1.60 bits per heavy atom. The normalized spacial score (nSPS) is 14.4. The number of benzene rings is 2. The van der Waals surface area contributed by atoms with Gasteiger partial charge in [-0.1, -0.05) is 18.2 Å². The Bertz CT molecular complexity index is 766. The van der Waals surface area contributed by atoms with Gasteiger partial charge in [0.2, 0.25) is 0 Å². The minimum atomic E-state index is 0.814. The van der Waals surface area contributed by atoms with Crippen LogP contribution in [0.3, 0.4) is 0 Å². The number of H-pyrrole nitrogens is 1. The molecule has 2 nitrogen and oxygen atoms in total. The van der Waals surface area contributed by atoms with Crippen molar-refractivity contribution < 1.29 is 0 Å². The number of nitrogen functional groups attached to an aromatic ring is 1. The Morgan fingerprint density at radius 1 is 0.850 bits per heavy atom. The highest BCUT2D eigenvalue weighted by molar-refractivity contribution is 5.89. The van der Waals surface area contributed by atoms with Crippen molar-refractivity contribution in [2.24, 2.45) is 0 Å². The molecular formula is C18H18N2. The van der Waals surface area contributed by atoms with Crippen molar-refractivity contribution in [1.82, 2.24) is 4.98 Å². The van der Waals surface area contributed by atoms with Crippen molar-refractivity contribution in [3.8, 4) is 11.1 Å². The van der Waals surface area contributed by atoms with Gasteiger partial charge in [0.25, 0.3) is 0 Å². The first-order valence-corrected chi connectivity index (χ1v) is 7.31. The summed E-state index contributed by atoms with van der Waals surface area (Å²) in [5.41, 5.74) is 13.3. The average molecular weight is 262 g/mol. The van der Waals surface area contributed by atoms with Gasteiger partial charge in [-0.15, -0.1) is 0 Å². The smallest absolute Gasteiger partial charge is 0.0459 e. The number of nitrogens with two attached hydrogens (primary N) is 1. The second-order valence-corrected chi connectivity index (χ2v) is 5.67. The van der Waals surface area contributed by atoms with Gasteiger partial charge in [0, 0.05) is 22.3 Å². The van der Waals surface area contributed by atoms with Crippen LogP contribution in [0.2, 0.25) is 0 Å². The van der Waals surface area contributed by atoms with Gasteiger partial charge in [-0.25, -0.2) is 0 Å². The molecule has 0 radical (unpaired) electrons. The maximum absolute atomic E-state index is 5.76. The van der Waals surface area contributed by atoms with E-state index in [0.29, 0.717) is 0 Å². The second-order valence-electron chi connectivity index (χ2n) is 5.67.